The zero-order valence-electron chi connectivity index (χ0n) is 11.0. The Kier molecular flexibility index (Phi) is 4.66. The van der Waals surface area contributed by atoms with Crippen LogP contribution in [0, 0.1) is 5.92 Å². The van der Waals surface area contributed by atoms with E-state index in [2.05, 4.69) is 24.2 Å². The molecule has 0 amide bonds. The van der Waals surface area contributed by atoms with Crippen LogP contribution in [0.1, 0.15) is 51.9 Å². The summed E-state index contributed by atoms with van der Waals surface area (Å²) in [6.45, 7) is 4.96. The molecule has 0 aromatic rings. The quantitative estimate of drug-likeness (QED) is 0.793. The van der Waals surface area contributed by atoms with Crippen molar-refractivity contribution in [2.75, 3.05) is 20.1 Å². The van der Waals surface area contributed by atoms with Crippen molar-refractivity contribution >= 4 is 0 Å². The summed E-state index contributed by atoms with van der Waals surface area (Å²) >= 11 is 0. The van der Waals surface area contributed by atoms with Gasteiger partial charge in [0.15, 0.2) is 0 Å². The van der Waals surface area contributed by atoms with Gasteiger partial charge in [0.2, 0.25) is 0 Å². The molecule has 2 rings (SSSR count). The molecule has 0 bridgehead atoms. The van der Waals surface area contributed by atoms with E-state index in [1.54, 1.807) is 0 Å². The molecule has 16 heavy (non-hydrogen) atoms. The van der Waals surface area contributed by atoms with Crippen molar-refractivity contribution in [1.82, 2.24) is 10.2 Å². The Balaban J connectivity index is 1.71. The van der Waals surface area contributed by atoms with Crippen LogP contribution in [0.5, 0.6) is 0 Å². The van der Waals surface area contributed by atoms with Crippen LogP contribution in [0.2, 0.25) is 0 Å². The fourth-order valence-electron chi connectivity index (χ4n) is 3.32. The Hall–Kier alpha value is -0.0800. The Morgan fingerprint density at radius 2 is 1.62 bits per heavy atom. The highest BCUT2D eigenvalue weighted by Crippen LogP contribution is 2.27. The van der Waals surface area contributed by atoms with Crippen LogP contribution in [0.15, 0.2) is 0 Å². The molecule has 0 unspecified atom stereocenters. The Labute approximate surface area is 101 Å². The van der Waals surface area contributed by atoms with E-state index in [1.807, 2.05) is 0 Å². The number of hydrogen-bond donors (Lipinski definition) is 1. The molecular formula is C14H28N2. The zero-order valence-corrected chi connectivity index (χ0v) is 11.0. The van der Waals surface area contributed by atoms with E-state index in [-0.39, 0.29) is 0 Å². The van der Waals surface area contributed by atoms with Gasteiger partial charge in [-0.1, -0.05) is 19.3 Å². The molecule has 2 nitrogen and oxygen atoms in total. The smallest absolute Gasteiger partial charge is 0.00939 e. The summed E-state index contributed by atoms with van der Waals surface area (Å²) in [6, 6.07) is 1.53. The van der Waals surface area contributed by atoms with Crippen LogP contribution >= 0.6 is 0 Å². The van der Waals surface area contributed by atoms with E-state index >= 15 is 0 Å². The van der Waals surface area contributed by atoms with Gasteiger partial charge in [-0.15, -0.1) is 0 Å². The van der Waals surface area contributed by atoms with Crippen LogP contribution in [-0.4, -0.2) is 37.1 Å². The molecule has 1 aliphatic heterocycles. The molecule has 1 atom stereocenters. The van der Waals surface area contributed by atoms with Crippen LogP contribution in [0.25, 0.3) is 0 Å². The molecule has 2 fully saturated rings. The topological polar surface area (TPSA) is 15.3 Å². The minimum atomic E-state index is 0.744. The lowest BCUT2D eigenvalue weighted by Crippen LogP contribution is -2.46. The van der Waals surface area contributed by atoms with E-state index in [9.17, 15) is 0 Å². The van der Waals surface area contributed by atoms with E-state index < -0.39 is 0 Å². The molecule has 2 heteroatoms. The van der Waals surface area contributed by atoms with E-state index in [0.29, 0.717) is 0 Å². The lowest BCUT2D eigenvalue weighted by Gasteiger charge is -2.35. The Morgan fingerprint density at radius 1 is 1.00 bits per heavy atom. The summed E-state index contributed by atoms with van der Waals surface area (Å²) in [5, 5.41) is 3.88. The van der Waals surface area contributed by atoms with Crippen molar-refractivity contribution < 1.29 is 0 Å². The highest BCUT2D eigenvalue weighted by Gasteiger charge is 2.23. The second-order valence-corrected chi connectivity index (χ2v) is 5.93. The maximum absolute atomic E-state index is 3.88. The van der Waals surface area contributed by atoms with Crippen LogP contribution in [-0.2, 0) is 0 Å². The minimum absolute atomic E-state index is 0.744. The molecule has 0 aromatic carbocycles. The van der Waals surface area contributed by atoms with Gasteiger partial charge >= 0.3 is 0 Å². The normalized spacial score (nSPS) is 28.1. The van der Waals surface area contributed by atoms with Gasteiger partial charge in [-0.25, -0.2) is 0 Å². The average Bonchev–Trinajstić information content (AvgIpc) is 2.33. The monoisotopic (exact) mass is 224 g/mol. The molecule has 2 aliphatic rings. The fraction of sp³-hybridized carbons (Fsp3) is 1.00. The number of likely N-dealkylation sites (tertiary alicyclic amines) is 1. The molecule has 1 N–H and O–H groups in total. The highest BCUT2D eigenvalue weighted by atomic mass is 15.1. The molecule has 1 saturated heterocycles. The number of piperidine rings is 1. The van der Waals surface area contributed by atoms with Crippen LogP contribution in [0.3, 0.4) is 0 Å². The first-order valence-electron chi connectivity index (χ1n) is 7.20. The van der Waals surface area contributed by atoms with Gasteiger partial charge in [-0.2, -0.15) is 0 Å². The summed E-state index contributed by atoms with van der Waals surface area (Å²) in [6.07, 6.45) is 9.99. The molecular weight excluding hydrogens is 196 g/mol. The predicted octanol–water partition coefficient (Wildman–Crippen LogP) is 2.64. The second kappa shape index (κ2) is 6.02. The third kappa shape index (κ3) is 3.46. The number of nitrogens with zero attached hydrogens (tertiary/aromatic N) is 1. The van der Waals surface area contributed by atoms with Crippen molar-refractivity contribution in [2.24, 2.45) is 5.92 Å². The van der Waals surface area contributed by atoms with Gasteiger partial charge in [-0.3, -0.25) is 0 Å². The highest BCUT2D eigenvalue weighted by molar-refractivity contribution is 4.82. The van der Waals surface area contributed by atoms with Crippen molar-refractivity contribution in [3.05, 3.63) is 0 Å². The summed E-state index contributed by atoms with van der Waals surface area (Å²) in [7, 11) is 2.24. The Morgan fingerprint density at radius 3 is 2.25 bits per heavy atom. The number of rotatable bonds is 3. The second-order valence-electron chi connectivity index (χ2n) is 5.93. The molecule has 1 saturated carbocycles. The fourth-order valence-corrected chi connectivity index (χ4v) is 3.32. The van der Waals surface area contributed by atoms with Gasteiger partial charge in [0, 0.05) is 12.1 Å². The lowest BCUT2D eigenvalue weighted by atomic mass is 9.84. The Bertz CT molecular complexity index is 191. The molecule has 0 radical (unpaired) electrons. The van der Waals surface area contributed by atoms with Crippen LogP contribution < -0.4 is 5.32 Å². The van der Waals surface area contributed by atoms with Crippen molar-refractivity contribution in [3.8, 4) is 0 Å². The van der Waals surface area contributed by atoms with Crippen molar-refractivity contribution in [2.45, 2.75) is 64.0 Å². The molecule has 1 aliphatic carbocycles. The maximum Gasteiger partial charge on any atom is 0.00939 e. The summed E-state index contributed by atoms with van der Waals surface area (Å²) in [5.74, 6) is 0.952. The van der Waals surface area contributed by atoms with E-state index in [0.717, 1.165) is 18.0 Å². The average molecular weight is 224 g/mol. The molecule has 94 valence electrons. The van der Waals surface area contributed by atoms with Crippen molar-refractivity contribution in [3.63, 3.8) is 0 Å². The third-order valence-electron chi connectivity index (χ3n) is 4.57. The summed E-state index contributed by atoms with van der Waals surface area (Å²) in [5.41, 5.74) is 0. The standard InChI is InChI=1S/C14H28N2/c1-12(13-6-4-3-5-7-13)15-14-8-10-16(2)11-9-14/h12-15H,3-11H2,1-2H3/t12-/m1/s1. The number of nitrogens with one attached hydrogen (secondary N) is 1. The molecule has 1 heterocycles. The predicted molar refractivity (Wildman–Crippen MR) is 69.7 cm³/mol. The first-order valence-corrected chi connectivity index (χ1v) is 7.20. The van der Waals surface area contributed by atoms with Gasteiger partial charge in [0.25, 0.3) is 0 Å². The van der Waals surface area contributed by atoms with Gasteiger partial charge in [0.05, 0.1) is 0 Å². The third-order valence-corrected chi connectivity index (χ3v) is 4.57. The first-order chi connectivity index (χ1) is 7.75. The first kappa shape index (κ1) is 12.4. The van der Waals surface area contributed by atoms with E-state index in [1.165, 1.54) is 58.0 Å². The van der Waals surface area contributed by atoms with Gasteiger partial charge in [0.1, 0.15) is 0 Å². The lowest BCUT2D eigenvalue weighted by molar-refractivity contribution is 0.199. The van der Waals surface area contributed by atoms with Gasteiger partial charge < -0.3 is 10.2 Å². The SMILES string of the molecule is C[C@@H](NC1CCN(C)CC1)C1CCCCC1. The minimum Gasteiger partial charge on any atom is -0.311 e. The maximum atomic E-state index is 3.88. The van der Waals surface area contributed by atoms with Crippen LogP contribution in [0.4, 0.5) is 0 Å². The number of hydrogen-bond acceptors (Lipinski definition) is 2. The van der Waals surface area contributed by atoms with Gasteiger partial charge in [-0.05, 0) is 58.7 Å². The van der Waals surface area contributed by atoms with Crippen molar-refractivity contribution in [1.29, 1.82) is 0 Å². The summed E-state index contributed by atoms with van der Waals surface area (Å²) in [4.78, 5) is 2.45. The largest absolute Gasteiger partial charge is 0.311 e. The van der Waals surface area contributed by atoms with E-state index in [4.69, 9.17) is 0 Å². The summed E-state index contributed by atoms with van der Waals surface area (Å²) < 4.78 is 0. The zero-order chi connectivity index (χ0) is 11.4. The molecule has 0 spiro atoms. The molecule has 0 aromatic heterocycles.